The lowest BCUT2D eigenvalue weighted by Gasteiger charge is -2.07. The van der Waals surface area contributed by atoms with Crippen molar-refractivity contribution < 1.29 is 17.6 Å². The summed E-state index contributed by atoms with van der Waals surface area (Å²) in [6.45, 7) is 3.38. The van der Waals surface area contributed by atoms with Gasteiger partial charge in [-0.3, -0.25) is 4.79 Å². The Labute approximate surface area is 166 Å². The van der Waals surface area contributed by atoms with Crippen molar-refractivity contribution in [1.82, 2.24) is 0 Å². The molecular weight excluding hydrogens is 395 g/mol. The first-order valence-corrected chi connectivity index (χ1v) is 12.2. The lowest BCUT2D eigenvalue weighted by molar-refractivity contribution is -0.119. The second-order valence-corrected chi connectivity index (χ2v) is 10.8. The number of carbonyl (C=O) groups excluding carboxylic acids is 1. The maximum absolute atomic E-state index is 13.6. The smallest absolute Gasteiger partial charge is 0.152 e. The molecule has 0 aliphatic rings. The quantitative estimate of drug-likeness (QED) is 0.397. The number of hydrogen-bond acceptors (Lipinski definition) is 4. The predicted molar refractivity (Wildman–Crippen MR) is 109 cm³/mol. The fraction of sp³-hybridized carbons (Fsp3) is 0.632. The highest BCUT2D eigenvalue weighted by Gasteiger charge is 2.15. The van der Waals surface area contributed by atoms with Crippen molar-refractivity contribution in [3.63, 3.8) is 0 Å². The summed E-state index contributed by atoms with van der Waals surface area (Å²) in [6.07, 6.45) is 3.90. The Balaban J connectivity index is 2.09. The fourth-order valence-corrected chi connectivity index (χ4v) is 4.76. The molecule has 0 N–H and O–H groups in total. The zero-order valence-corrected chi connectivity index (χ0v) is 17.9. The SMILES string of the molecule is CC(C)S(=O)(=O)CCCCCC(=O)CCCSCc1c(F)cccc1Cl. The van der Waals surface area contributed by atoms with Crippen LogP contribution in [0.4, 0.5) is 4.39 Å². The summed E-state index contributed by atoms with van der Waals surface area (Å²) in [6, 6.07) is 4.66. The maximum Gasteiger partial charge on any atom is 0.152 e. The van der Waals surface area contributed by atoms with E-state index in [2.05, 4.69) is 0 Å². The largest absolute Gasteiger partial charge is 0.300 e. The number of carbonyl (C=O) groups is 1. The van der Waals surface area contributed by atoms with E-state index in [0.717, 1.165) is 25.0 Å². The van der Waals surface area contributed by atoms with E-state index in [1.807, 2.05) is 0 Å². The molecule has 26 heavy (non-hydrogen) atoms. The van der Waals surface area contributed by atoms with Crippen LogP contribution in [0.25, 0.3) is 0 Å². The number of ketones is 1. The van der Waals surface area contributed by atoms with Gasteiger partial charge in [-0.15, -0.1) is 0 Å². The minimum absolute atomic E-state index is 0.202. The van der Waals surface area contributed by atoms with Crippen molar-refractivity contribution in [2.45, 2.75) is 63.4 Å². The minimum Gasteiger partial charge on any atom is -0.300 e. The second kappa shape index (κ2) is 12.0. The number of rotatable bonds is 13. The molecule has 1 rings (SSSR count). The van der Waals surface area contributed by atoms with Crippen molar-refractivity contribution in [2.75, 3.05) is 11.5 Å². The van der Waals surface area contributed by atoms with Gasteiger partial charge in [-0.05, 0) is 51.0 Å². The van der Waals surface area contributed by atoms with E-state index in [9.17, 15) is 17.6 Å². The number of benzene rings is 1. The third-order valence-electron chi connectivity index (χ3n) is 4.16. The first-order valence-electron chi connectivity index (χ1n) is 8.98. The van der Waals surface area contributed by atoms with Crippen molar-refractivity contribution in [2.24, 2.45) is 0 Å². The van der Waals surface area contributed by atoms with Gasteiger partial charge in [-0.2, -0.15) is 11.8 Å². The molecule has 0 saturated carbocycles. The average molecular weight is 423 g/mol. The maximum atomic E-state index is 13.6. The van der Waals surface area contributed by atoms with Crippen molar-refractivity contribution >= 4 is 39.0 Å². The van der Waals surface area contributed by atoms with Crippen LogP contribution in [0.2, 0.25) is 5.02 Å². The fourth-order valence-electron chi connectivity index (χ4n) is 2.38. The highest BCUT2D eigenvalue weighted by atomic mass is 35.5. The predicted octanol–water partition coefficient (Wildman–Crippen LogP) is 5.45. The summed E-state index contributed by atoms with van der Waals surface area (Å²) in [4.78, 5) is 11.8. The van der Waals surface area contributed by atoms with Gasteiger partial charge in [0.1, 0.15) is 11.6 Å². The Hall–Kier alpha value is -0.590. The highest BCUT2D eigenvalue weighted by Crippen LogP contribution is 2.24. The van der Waals surface area contributed by atoms with Gasteiger partial charge < -0.3 is 0 Å². The van der Waals surface area contributed by atoms with E-state index in [0.29, 0.717) is 35.6 Å². The average Bonchev–Trinajstić information content (AvgIpc) is 2.56. The van der Waals surface area contributed by atoms with Crippen LogP contribution in [0.5, 0.6) is 0 Å². The van der Waals surface area contributed by atoms with Gasteiger partial charge in [0.05, 0.1) is 11.0 Å². The van der Waals surface area contributed by atoms with Crippen LogP contribution in [-0.4, -0.2) is 31.0 Å². The van der Waals surface area contributed by atoms with Gasteiger partial charge in [0.25, 0.3) is 0 Å². The summed E-state index contributed by atoms with van der Waals surface area (Å²) in [7, 11) is -2.97. The van der Waals surface area contributed by atoms with Crippen LogP contribution in [0.1, 0.15) is 57.9 Å². The Morgan fingerprint density at radius 3 is 2.50 bits per heavy atom. The molecule has 0 saturated heterocycles. The van der Waals surface area contributed by atoms with Crippen LogP contribution in [0.3, 0.4) is 0 Å². The summed E-state index contributed by atoms with van der Waals surface area (Å²) in [5, 5.41) is 0.105. The molecule has 0 aliphatic heterocycles. The van der Waals surface area contributed by atoms with E-state index in [1.54, 1.807) is 37.7 Å². The molecule has 3 nitrogen and oxygen atoms in total. The summed E-state index contributed by atoms with van der Waals surface area (Å²) < 4.78 is 37.0. The van der Waals surface area contributed by atoms with Gasteiger partial charge >= 0.3 is 0 Å². The molecule has 0 amide bonds. The van der Waals surface area contributed by atoms with E-state index < -0.39 is 9.84 Å². The normalized spacial score (nSPS) is 11.9. The molecule has 7 heteroatoms. The van der Waals surface area contributed by atoms with Crippen molar-refractivity contribution in [1.29, 1.82) is 0 Å². The zero-order chi connectivity index (χ0) is 19.6. The second-order valence-electron chi connectivity index (χ2n) is 6.62. The Kier molecular flexibility index (Phi) is 10.8. The first-order chi connectivity index (χ1) is 12.2. The van der Waals surface area contributed by atoms with Crippen LogP contribution >= 0.6 is 23.4 Å². The standard InChI is InChI=1S/C19H28ClFO3S2/c1-15(2)26(23,24)13-5-3-4-8-16(22)9-7-12-25-14-17-18(20)10-6-11-19(17)21/h6,10-11,15H,3-5,7-9,12-14H2,1-2H3. The lowest BCUT2D eigenvalue weighted by Crippen LogP contribution is -2.17. The van der Waals surface area contributed by atoms with E-state index in [4.69, 9.17) is 11.6 Å². The molecule has 0 bridgehead atoms. The molecular formula is C19H28ClFO3S2. The Morgan fingerprint density at radius 2 is 1.85 bits per heavy atom. The summed E-state index contributed by atoms with van der Waals surface area (Å²) >= 11 is 7.55. The van der Waals surface area contributed by atoms with Crippen LogP contribution in [0, 0.1) is 5.82 Å². The Bertz CT molecular complexity index is 655. The summed E-state index contributed by atoms with van der Waals surface area (Å²) in [5.41, 5.74) is 0.516. The van der Waals surface area contributed by atoms with Gasteiger partial charge in [0.15, 0.2) is 9.84 Å². The van der Waals surface area contributed by atoms with Gasteiger partial charge in [0.2, 0.25) is 0 Å². The zero-order valence-electron chi connectivity index (χ0n) is 15.5. The number of thioether (sulfide) groups is 1. The molecule has 0 aromatic heterocycles. The summed E-state index contributed by atoms with van der Waals surface area (Å²) in [5.74, 6) is 1.41. The molecule has 0 heterocycles. The van der Waals surface area contributed by atoms with Gasteiger partial charge in [-0.25, -0.2) is 12.8 Å². The molecule has 0 aliphatic carbocycles. The van der Waals surface area contributed by atoms with E-state index >= 15 is 0 Å². The molecule has 0 fully saturated rings. The number of unbranched alkanes of at least 4 members (excludes halogenated alkanes) is 2. The third kappa shape index (κ3) is 8.87. The van der Waals surface area contributed by atoms with E-state index in [1.165, 1.54) is 6.07 Å². The molecule has 1 aromatic carbocycles. The van der Waals surface area contributed by atoms with Gasteiger partial charge in [0, 0.05) is 29.2 Å². The number of halogens is 2. The molecule has 0 atom stereocenters. The third-order valence-corrected chi connectivity index (χ3v) is 7.87. The molecule has 0 unspecified atom stereocenters. The van der Waals surface area contributed by atoms with E-state index in [-0.39, 0.29) is 22.6 Å². The lowest BCUT2D eigenvalue weighted by atomic mass is 10.1. The van der Waals surface area contributed by atoms with Gasteiger partial charge in [-0.1, -0.05) is 24.1 Å². The van der Waals surface area contributed by atoms with Crippen LogP contribution < -0.4 is 0 Å². The van der Waals surface area contributed by atoms with Crippen molar-refractivity contribution in [3.05, 3.63) is 34.6 Å². The Morgan fingerprint density at radius 1 is 1.15 bits per heavy atom. The van der Waals surface area contributed by atoms with Crippen molar-refractivity contribution in [3.8, 4) is 0 Å². The van der Waals surface area contributed by atoms with Crippen LogP contribution in [0.15, 0.2) is 18.2 Å². The number of Topliss-reactive ketones (excluding diaryl/α,β-unsaturated/α-hetero) is 1. The molecule has 0 spiro atoms. The molecule has 1 aromatic rings. The number of hydrogen-bond donors (Lipinski definition) is 0. The monoisotopic (exact) mass is 422 g/mol. The number of sulfone groups is 1. The molecule has 148 valence electrons. The first kappa shape index (κ1) is 23.4. The minimum atomic E-state index is -2.97. The molecule has 0 radical (unpaired) electrons. The topological polar surface area (TPSA) is 51.2 Å². The highest BCUT2D eigenvalue weighted by molar-refractivity contribution is 7.98. The van der Waals surface area contributed by atoms with Crippen LogP contribution in [-0.2, 0) is 20.4 Å².